The number of carbonyl (C=O) groups is 1. The molecule has 0 spiro atoms. The number of hydrogen-bond donors (Lipinski definition) is 1. The fraction of sp³-hybridized carbons (Fsp3) is 0.308. The molecule has 0 radical (unpaired) electrons. The number of ether oxygens (including phenoxy) is 3. The van der Waals surface area contributed by atoms with Crippen molar-refractivity contribution < 1.29 is 23.4 Å². The van der Waals surface area contributed by atoms with Crippen LogP contribution < -0.4 is 15.2 Å². The van der Waals surface area contributed by atoms with Gasteiger partial charge in [-0.1, -0.05) is 19.9 Å². The molecule has 170 valence electrons. The molecule has 7 heteroatoms. The highest BCUT2D eigenvalue weighted by Gasteiger charge is 2.43. The van der Waals surface area contributed by atoms with Gasteiger partial charge >= 0.3 is 0 Å². The van der Waals surface area contributed by atoms with Crippen LogP contribution in [0.1, 0.15) is 43.7 Å². The maximum Gasteiger partial charge on any atom is 0.205 e. The highest BCUT2D eigenvalue weighted by molar-refractivity contribution is 6.00. The summed E-state index contributed by atoms with van der Waals surface area (Å²) in [5, 5.41) is 9.84. The lowest BCUT2D eigenvalue weighted by Crippen LogP contribution is -2.33. The number of benzene rings is 2. The van der Waals surface area contributed by atoms with Crippen LogP contribution in [-0.2, 0) is 16.1 Å². The third-order valence-corrected chi connectivity index (χ3v) is 5.92. The summed E-state index contributed by atoms with van der Waals surface area (Å²) in [6.07, 6.45) is 0.918. The van der Waals surface area contributed by atoms with E-state index >= 15 is 0 Å². The van der Waals surface area contributed by atoms with Crippen LogP contribution in [0.4, 0.5) is 4.39 Å². The summed E-state index contributed by atoms with van der Waals surface area (Å²) in [6, 6.07) is 13.3. The van der Waals surface area contributed by atoms with Crippen LogP contribution in [0.2, 0.25) is 0 Å². The smallest absolute Gasteiger partial charge is 0.205 e. The van der Waals surface area contributed by atoms with Crippen molar-refractivity contribution in [3.05, 3.63) is 82.2 Å². The number of rotatable bonds is 5. The monoisotopic (exact) mass is 448 g/mol. The highest BCUT2D eigenvalue weighted by Crippen LogP contribution is 2.48. The van der Waals surface area contributed by atoms with Gasteiger partial charge in [0.2, 0.25) is 5.88 Å². The molecule has 1 atom stereocenters. The topological polar surface area (TPSA) is 94.6 Å². The van der Waals surface area contributed by atoms with E-state index in [0.717, 1.165) is 5.56 Å². The number of carbonyl (C=O) groups excluding carboxylic acids is 1. The van der Waals surface area contributed by atoms with Crippen molar-refractivity contribution in [3.63, 3.8) is 0 Å². The summed E-state index contributed by atoms with van der Waals surface area (Å²) in [6.45, 7) is 4.16. The molecule has 4 rings (SSSR count). The first-order valence-electron chi connectivity index (χ1n) is 10.6. The Morgan fingerprint density at radius 2 is 1.94 bits per heavy atom. The number of hydrogen-bond acceptors (Lipinski definition) is 6. The van der Waals surface area contributed by atoms with Gasteiger partial charge in [0, 0.05) is 24.0 Å². The number of nitrogens with two attached hydrogens (primary N) is 1. The van der Waals surface area contributed by atoms with Gasteiger partial charge in [-0.05, 0) is 47.4 Å². The summed E-state index contributed by atoms with van der Waals surface area (Å²) >= 11 is 0. The van der Waals surface area contributed by atoms with Gasteiger partial charge in [-0.25, -0.2) is 4.39 Å². The van der Waals surface area contributed by atoms with Crippen LogP contribution in [0, 0.1) is 22.6 Å². The molecule has 2 aromatic rings. The number of allylic oxidation sites excluding steroid dienone is 3. The summed E-state index contributed by atoms with van der Waals surface area (Å²) in [5.74, 6) is 0.619. The number of nitrogens with zero attached hydrogens (tertiary/aromatic N) is 1. The van der Waals surface area contributed by atoms with Crippen molar-refractivity contribution in [1.29, 1.82) is 5.26 Å². The summed E-state index contributed by atoms with van der Waals surface area (Å²) in [7, 11) is 1.55. The lowest BCUT2D eigenvalue weighted by molar-refractivity contribution is -0.119. The first-order chi connectivity index (χ1) is 15.7. The van der Waals surface area contributed by atoms with E-state index in [1.165, 1.54) is 12.1 Å². The third-order valence-electron chi connectivity index (χ3n) is 5.92. The van der Waals surface area contributed by atoms with E-state index < -0.39 is 5.92 Å². The molecule has 0 fully saturated rings. The molecular weight excluding hydrogens is 423 g/mol. The van der Waals surface area contributed by atoms with Crippen molar-refractivity contribution in [3.8, 4) is 17.6 Å². The Morgan fingerprint density at radius 1 is 1.21 bits per heavy atom. The second kappa shape index (κ2) is 8.62. The zero-order chi connectivity index (χ0) is 23.8. The number of Topliss-reactive ketones (excluding diaryl/α,β-unsaturated/α-hetero) is 1. The summed E-state index contributed by atoms with van der Waals surface area (Å²) in [4.78, 5) is 13.2. The van der Waals surface area contributed by atoms with Gasteiger partial charge < -0.3 is 19.9 Å². The molecule has 6 nitrogen and oxygen atoms in total. The minimum absolute atomic E-state index is 0.0201. The molecule has 0 aromatic heterocycles. The van der Waals surface area contributed by atoms with Crippen molar-refractivity contribution in [1.82, 2.24) is 0 Å². The predicted octanol–water partition coefficient (Wildman–Crippen LogP) is 4.86. The van der Waals surface area contributed by atoms with Gasteiger partial charge in [-0.2, -0.15) is 5.26 Å². The summed E-state index contributed by atoms with van der Waals surface area (Å²) in [5.41, 5.74) is 7.98. The molecule has 2 N–H and O–H groups in total. The Hall–Kier alpha value is -3.79. The van der Waals surface area contributed by atoms with Crippen LogP contribution in [0.3, 0.4) is 0 Å². The lowest BCUT2D eigenvalue weighted by Gasteiger charge is -2.37. The SMILES string of the molecule is COc1ccc([C@@H]2C(C#N)=C(N)OC3=C2C(=O)CC(C)(C)C3)cc1COc1ccc(F)cc1. The fourth-order valence-electron chi connectivity index (χ4n) is 4.40. The molecule has 0 saturated carbocycles. The Bertz CT molecular complexity index is 1210. The van der Waals surface area contributed by atoms with Crippen molar-refractivity contribution >= 4 is 5.78 Å². The number of nitriles is 1. The van der Waals surface area contributed by atoms with Crippen LogP contribution >= 0.6 is 0 Å². The Balaban J connectivity index is 1.74. The van der Waals surface area contributed by atoms with Gasteiger partial charge in [0.1, 0.15) is 41.3 Å². The molecule has 2 aromatic carbocycles. The first-order valence-corrected chi connectivity index (χ1v) is 10.6. The normalized spacial score (nSPS) is 19.5. The molecule has 1 aliphatic carbocycles. The predicted molar refractivity (Wildman–Crippen MR) is 119 cm³/mol. The van der Waals surface area contributed by atoms with E-state index in [-0.39, 0.29) is 35.1 Å². The van der Waals surface area contributed by atoms with Gasteiger partial charge in [-0.15, -0.1) is 0 Å². The highest BCUT2D eigenvalue weighted by atomic mass is 19.1. The van der Waals surface area contributed by atoms with Crippen LogP contribution in [0.5, 0.6) is 11.5 Å². The van der Waals surface area contributed by atoms with Gasteiger partial charge in [-0.3, -0.25) is 4.79 Å². The molecule has 0 unspecified atom stereocenters. The molecule has 1 heterocycles. The van der Waals surface area contributed by atoms with Crippen LogP contribution in [0.25, 0.3) is 0 Å². The van der Waals surface area contributed by atoms with Crippen LogP contribution in [0.15, 0.2) is 65.3 Å². The van der Waals surface area contributed by atoms with Crippen molar-refractivity contribution in [2.24, 2.45) is 11.1 Å². The fourth-order valence-corrected chi connectivity index (χ4v) is 4.40. The number of halogens is 1. The standard InChI is InChI=1S/C26H25FN2O4/c1-26(2)11-20(30)24-22(12-26)33-25(29)19(13-28)23(24)15-4-9-21(31-3)16(10-15)14-32-18-7-5-17(27)6-8-18/h4-10,23H,11-12,14,29H2,1-3H3/t23-/m1/s1. The summed E-state index contributed by atoms with van der Waals surface area (Å²) < 4.78 is 30.2. The Kier molecular flexibility index (Phi) is 5.86. The molecule has 0 amide bonds. The van der Waals surface area contributed by atoms with E-state index in [9.17, 15) is 14.4 Å². The van der Waals surface area contributed by atoms with E-state index in [2.05, 4.69) is 6.07 Å². The maximum absolute atomic E-state index is 13.2. The first kappa shape index (κ1) is 22.4. The van der Waals surface area contributed by atoms with Crippen molar-refractivity contribution in [2.75, 3.05) is 7.11 Å². The third kappa shape index (κ3) is 4.42. The lowest BCUT2D eigenvalue weighted by atomic mass is 9.70. The molecule has 0 bridgehead atoms. The second-order valence-electron chi connectivity index (χ2n) is 9.02. The molecule has 1 aliphatic heterocycles. The maximum atomic E-state index is 13.2. The van der Waals surface area contributed by atoms with Gasteiger partial charge in [0.15, 0.2) is 5.78 Å². The second-order valence-corrected chi connectivity index (χ2v) is 9.02. The zero-order valence-electron chi connectivity index (χ0n) is 18.8. The van der Waals surface area contributed by atoms with Crippen LogP contribution in [-0.4, -0.2) is 12.9 Å². The Labute approximate surface area is 192 Å². The van der Waals surface area contributed by atoms with Gasteiger partial charge in [0.05, 0.1) is 13.0 Å². The van der Waals surface area contributed by atoms with E-state index in [4.69, 9.17) is 19.9 Å². The minimum Gasteiger partial charge on any atom is -0.496 e. The molecule has 2 aliphatic rings. The minimum atomic E-state index is -0.627. The van der Waals surface area contributed by atoms with E-state index in [0.29, 0.717) is 41.2 Å². The Morgan fingerprint density at radius 3 is 2.61 bits per heavy atom. The molecule has 0 saturated heterocycles. The van der Waals surface area contributed by atoms with Crippen molar-refractivity contribution in [2.45, 2.75) is 39.2 Å². The zero-order valence-corrected chi connectivity index (χ0v) is 18.8. The average molecular weight is 448 g/mol. The molecular formula is C26H25FN2O4. The number of ketones is 1. The number of methoxy groups -OCH3 is 1. The van der Waals surface area contributed by atoms with Gasteiger partial charge in [0.25, 0.3) is 0 Å². The molecule has 33 heavy (non-hydrogen) atoms. The van der Waals surface area contributed by atoms with E-state index in [1.54, 1.807) is 25.3 Å². The largest absolute Gasteiger partial charge is 0.496 e. The van der Waals surface area contributed by atoms with E-state index in [1.807, 2.05) is 26.0 Å². The quantitative estimate of drug-likeness (QED) is 0.702. The average Bonchev–Trinajstić information content (AvgIpc) is 2.76.